The van der Waals surface area contributed by atoms with Gasteiger partial charge in [0.2, 0.25) is 0 Å². The van der Waals surface area contributed by atoms with Crippen LogP contribution >= 0.6 is 0 Å². The molecule has 1 N–H and O–H groups in total. The molecule has 5 heteroatoms. The second kappa shape index (κ2) is 5.39. The van der Waals surface area contributed by atoms with E-state index >= 15 is 0 Å². The molecule has 3 atom stereocenters. The van der Waals surface area contributed by atoms with E-state index in [1.165, 1.54) is 6.07 Å². The van der Waals surface area contributed by atoms with Crippen LogP contribution in [-0.2, 0) is 6.18 Å². The van der Waals surface area contributed by atoms with Crippen molar-refractivity contribution >= 4 is 5.82 Å². The molecule has 0 spiro atoms. The monoisotopic (exact) mass is 272 g/mol. The van der Waals surface area contributed by atoms with Crippen LogP contribution in [0.5, 0.6) is 0 Å². The van der Waals surface area contributed by atoms with Crippen LogP contribution in [0.4, 0.5) is 19.0 Å². The van der Waals surface area contributed by atoms with Crippen molar-refractivity contribution in [2.75, 3.05) is 5.32 Å². The zero-order valence-corrected chi connectivity index (χ0v) is 11.2. The minimum atomic E-state index is -4.32. The molecule has 0 amide bonds. The minimum absolute atomic E-state index is 0.315. The van der Waals surface area contributed by atoms with Gasteiger partial charge in [-0.25, -0.2) is 4.98 Å². The molecule has 1 saturated carbocycles. The van der Waals surface area contributed by atoms with E-state index < -0.39 is 11.7 Å². The lowest BCUT2D eigenvalue weighted by atomic mass is 9.79. The molecule has 0 aromatic carbocycles. The van der Waals surface area contributed by atoms with Crippen molar-refractivity contribution in [1.29, 1.82) is 0 Å². The van der Waals surface area contributed by atoms with E-state index in [9.17, 15) is 13.2 Å². The molecule has 3 unspecified atom stereocenters. The Hall–Kier alpha value is -1.26. The molecule has 0 saturated heterocycles. The van der Waals surface area contributed by atoms with Crippen LogP contribution in [0.15, 0.2) is 18.3 Å². The number of hydrogen-bond donors (Lipinski definition) is 1. The largest absolute Gasteiger partial charge is 0.417 e. The first-order valence-corrected chi connectivity index (χ1v) is 6.66. The van der Waals surface area contributed by atoms with Crippen LogP contribution in [0.3, 0.4) is 0 Å². The van der Waals surface area contributed by atoms with Gasteiger partial charge < -0.3 is 5.32 Å². The summed E-state index contributed by atoms with van der Waals surface area (Å²) in [7, 11) is 0. The smallest absolute Gasteiger partial charge is 0.367 e. The maximum atomic E-state index is 12.4. The molecule has 1 heterocycles. The first-order chi connectivity index (χ1) is 8.86. The fourth-order valence-corrected chi connectivity index (χ4v) is 2.53. The minimum Gasteiger partial charge on any atom is -0.367 e. The van der Waals surface area contributed by atoms with E-state index in [0.717, 1.165) is 37.4 Å². The number of alkyl halides is 3. The average molecular weight is 272 g/mol. The molecule has 106 valence electrons. The lowest BCUT2D eigenvalue weighted by Crippen LogP contribution is -2.30. The Morgan fingerprint density at radius 3 is 2.42 bits per heavy atom. The molecular formula is C14H19F3N2. The highest BCUT2D eigenvalue weighted by atomic mass is 19.4. The van der Waals surface area contributed by atoms with Gasteiger partial charge in [-0.3, -0.25) is 0 Å². The first kappa shape index (κ1) is 14.2. The molecule has 0 radical (unpaired) electrons. The van der Waals surface area contributed by atoms with Crippen LogP contribution in [0.1, 0.15) is 38.7 Å². The SMILES string of the molecule is CC1CCC(Nc2ccc(C(F)(F)F)cn2)CC1C. The summed E-state index contributed by atoms with van der Waals surface area (Å²) in [5.41, 5.74) is -0.705. The molecule has 0 bridgehead atoms. The molecule has 1 aromatic rings. The summed E-state index contributed by atoms with van der Waals surface area (Å²) in [5.74, 6) is 1.89. The number of pyridine rings is 1. The van der Waals surface area contributed by atoms with E-state index in [2.05, 4.69) is 24.1 Å². The predicted octanol–water partition coefficient (Wildman–Crippen LogP) is 4.34. The lowest BCUT2D eigenvalue weighted by molar-refractivity contribution is -0.137. The van der Waals surface area contributed by atoms with Crippen molar-refractivity contribution < 1.29 is 13.2 Å². The Labute approximate surface area is 111 Å². The normalized spacial score (nSPS) is 28.2. The Balaban J connectivity index is 1.97. The van der Waals surface area contributed by atoms with Crippen molar-refractivity contribution in [3.05, 3.63) is 23.9 Å². The number of nitrogens with zero attached hydrogens (tertiary/aromatic N) is 1. The standard InChI is InChI=1S/C14H19F3N2/c1-9-3-5-12(7-10(9)2)19-13-6-4-11(8-18-13)14(15,16)17/h4,6,8-10,12H,3,5,7H2,1-2H3,(H,18,19). The number of anilines is 1. The molecule has 0 aliphatic heterocycles. The van der Waals surface area contributed by atoms with Crippen LogP contribution in [0, 0.1) is 11.8 Å². The molecule has 1 fully saturated rings. The summed E-state index contributed by atoms with van der Waals surface area (Å²) < 4.78 is 37.2. The highest BCUT2D eigenvalue weighted by molar-refractivity contribution is 5.37. The fraction of sp³-hybridized carbons (Fsp3) is 0.643. The number of rotatable bonds is 2. The Bertz CT molecular complexity index is 414. The Morgan fingerprint density at radius 2 is 1.89 bits per heavy atom. The molecular weight excluding hydrogens is 253 g/mol. The van der Waals surface area contributed by atoms with Crippen LogP contribution in [-0.4, -0.2) is 11.0 Å². The number of halogens is 3. The molecule has 1 aromatic heterocycles. The number of aromatic nitrogens is 1. The summed E-state index contributed by atoms with van der Waals surface area (Å²) in [6.45, 7) is 4.47. The highest BCUT2D eigenvalue weighted by Crippen LogP contribution is 2.32. The number of nitrogens with one attached hydrogen (secondary N) is 1. The van der Waals surface area contributed by atoms with Crippen LogP contribution < -0.4 is 5.32 Å². The summed E-state index contributed by atoms with van der Waals surface area (Å²) in [5, 5.41) is 3.23. The predicted molar refractivity (Wildman–Crippen MR) is 68.8 cm³/mol. The van der Waals surface area contributed by atoms with Gasteiger partial charge in [-0.2, -0.15) is 13.2 Å². The summed E-state index contributed by atoms with van der Waals surface area (Å²) in [6, 6.07) is 2.80. The molecule has 1 aliphatic carbocycles. The summed E-state index contributed by atoms with van der Waals surface area (Å²) in [6.07, 6.45) is -0.185. The molecule has 2 nitrogen and oxygen atoms in total. The van der Waals surface area contributed by atoms with E-state index in [1.807, 2.05) is 0 Å². The maximum absolute atomic E-state index is 12.4. The fourth-order valence-electron chi connectivity index (χ4n) is 2.53. The lowest BCUT2D eigenvalue weighted by Gasteiger charge is -2.32. The van der Waals surface area contributed by atoms with Gasteiger partial charge in [0.15, 0.2) is 0 Å². The zero-order chi connectivity index (χ0) is 14.0. The summed E-state index contributed by atoms with van der Waals surface area (Å²) >= 11 is 0. The van der Waals surface area contributed by atoms with E-state index in [1.54, 1.807) is 0 Å². The molecule has 19 heavy (non-hydrogen) atoms. The average Bonchev–Trinajstić information content (AvgIpc) is 2.33. The van der Waals surface area contributed by atoms with E-state index in [4.69, 9.17) is 0 Å². The zero-order valence-electron chi connectivity index (χ0n) is 11.2. The Kier molecular flexibility index (Phi) is 4.02. The third-order valence-corrected chi connectivity index (χ3v) is 4.04. The molecule has 2 rings (SSSR count). The van der Waals surface area contributed by atoms with Gasteiger partial charge in [-0.1, -0.05) is 13.8 Å². The second-order valence-corrected chi connectivity index (χ2v) is 5.54. The number of hydrogen-bond acceptors (Lipinski definition) is 2. The van der Waals surface area contributed by atoms with Crippen molar-refractivity contribution in [2.45, 2.75) is 45.3 Å². The third kappa shape index (κ3) is 3.61. The second-order valence-electron chi connectivity index (χ2n) is 5.54. The van der Waals surface area contributed by atoms with Crippen LogP contribution in [0.2, 0.25) is 0 Å². The van der Waals surface area contributed by atoms with Gasteiger partial charge in [0, 0.05) is 12.2 Å². The van der Waals surface area contributed by atoms with Crippen molar-refractivity contribution in [3.8, 4) is 0 Å². The third-order valence-electron chi connectivity index (χ3n) is 4.04. The Morgan fingerprint density at radius 1 is 1.16 bits per heavy atom. The van der Waals surface area contributed by atoms with Gasteiger partial charge in [0.1, 0.15) is 5.82 Å². The highest BCUT2D eigenvalue weighted by Gasteiger charge is 2.31. The van der Waals surface area contributed by atoms with Gasteiger partial charge in [0.25, 0.3) is 0 Å². The van der Waals surface area contributed by atoms with Crippen LogP contribution in [0.25, 0.3) is 0 Å². The van der Waals surface area contributed by atoms with Crippen molar-refractivity contribution in [3.63, 3.8) is 0 Å². The molecule has 1 aliphatic rings. The van der Waals surface area contributed by atoms with Crippen molar-refractivity contribution in [2.24, 2.45) is 11.8 Å². The van der Waals surface area contributed by atoms with E-state index in [-0.39, 0.29) is 0 Å². The van der Waals surface area contributed by atoms with Gasteiger partial charge in [-0.05, 0) is 43.2 Å². The van der Waals surface area contributed by atoms with Gasteiger partial charge in [-0.15, -0.1) is 0 Å². The maximum Gasteiger partial charge on any atom is 0.417 e. The van der Waals surface area contributed by atoms with Gasteiger partial charge >= 0.3 is 6.18 Å². The first-order valence-electron chi connectivity index (χ1n) is 6.66. The summed E-state index contributed by atoms with van der Waals surface area (Å²) in [4.78, 5) is 3.85. The van der Waals surface area contributed by atoms with E-state index in [0.29, 0.717) is 17.8 Å². The van der Waals surface area contributed by atoms with Crippen molar-refractivity contribution in [1.82, 2.24) is 4.98 Å². The van der Waals surface area contributed by atoms with Gasteiger partial charge in [0.05, 0.1) is 5.56 Å². The quantitative estimate of drug-likeness (QED) is 0.866. The topological polar surface area (TPSA) is 24.9 Å².